The van der Waals surface area contributed by atoms with Crippen LogP contribution in [0.15, 0.2) is 24.4 Å². The zero-order valence-electron chi connectivity index (χ0n) is 12.2. The summed E-state index contributed by atoms with van der Waals surface area (Å²) in [5.41, 5.74) is 1.06. The molecular weight excluding hydrogens is 284 g/mol. The van der Waals surface area contributed by atoms with Gasteiger partial charge < -0.3 is 10.2 Å². The van der Waals surface area contributed by atoms with Crippen molar-refractivity contribution >= 4 is 22.4 Å². The van der Waals surface area contributed by atoms with E-state index in [4.69, 9.17) is 0 Å². The topological polar surface area (TPSA) is 57.2 Å². The molecule has 0 radical (unpaired) electrons. The van der Waals surface area contributed by atoms with Crippen LogP contribution in [-0.2, 0) is 6.54 Å². The van der Waals surface area contributed by atoms with E-state index < -0.39 is 0 Å². The van der Waals surface area contributed by atoms with Gasteiger partial charge in [0.1, 0.15) is 16.5 Å². The van der Waals surface area contributed by atoms with Crippen LogP contribution in [0, 0.1) is 0 Å². The summed E-state index contributed by atoms with van der Waals surface area (Å²) in [6, 6.07) is 6.07. The van der Waals surface area contributed by atoms with Crippen LogP contribution in [0.5, 0.6) is 0 Å². The predicted molar refractivity (Wildman–Crippen MR) is 85.8 cm³/mol. The number of rotatable bonds is 5. The minimum atomic E-state index is 0.870. The minimum absolute atomic E-state index is 0.870. The maximum absolute atomic E-state index is 4.42. The quantitative estimate of drug-likeness (QED) is 0.907. The third-order valence-corrected chi connectivity index (χ3v) is 4.34. The fraction of sp³-hybridized carbons (Fsp3) is 0.500. The van der Waals surface area contributed by atoms with E-state index in [1.54, 1.807) is 0 Å². The fourth-order valence-electron chi connectivity index (χ4n) is 2.49. The molecule has 2 aromatic rings. The lowest BCUT2D eigenvalue weighted by Crippen LogP contribution is -2.46. The molecule has 1 fully saturated rings. The molecule has 0 unspecified atom stereocenters. The fourth-order valence-corrected chi connectivity index (χ4v) is 3.14. The molecule has 6 nitrogen and oxygen atoms in total. The number of nitrogens with zero attached hydrogens (tertiary/aromatic N) is 5. The van der Waals surface area contributed by atoms with Crippen molar-refractivity contribution in [3.63, 3.8) is 0 Å². The van der Waals surface area contributed by atoms with Crippen LogP contribution in [0.3, 0.4) is 0 Å². The molecule has 7 heteroatoms. The third kappa shape index (κ3) is 3.48. The zero-order chi connectivity index (χ0) is 14.5. The van der Waals surface area contributed by atoms with Gasteiger partial charge in [0.2, 0.25) is 0 Å². The maximum Gasteiger partial charge on any atom is 0.134 e. The van der Waals surface area contributed by atoms with Crippen molar-refractivity contribution in [1.29, 1.82) is 0 Å². The second-order valence-electron chi connectivity index (χ2n) is 5.03. The molecule has 1 saturated heterocycles. The van der Waals surface area contributed by atoms with Gasteiger partial charge >= 0.3 is 0 Å². The van der Waals surface area contributed by atoms with Crippen molar-refractivity contribution in [3.05, 3.63) is 30.1 Å². The van der Waals surface area contributed by atoms with Gasteiger partial charge in [-0.15, -0.1) is 5.10 Å². The molecule has 0 spiro atoms. The Kier molecular flexibility index (Phi) is 4.62. The lowest BCUT2D eigenvalue weighted by molar-refractivity contribution is 0.247. The highest BCUT2D eigenvalue weighted by atomic mass is 32.1. The molecule has 2 aromatic heterocycles. The van der Waals surface area contributed by atoms with Gasteiger partial charge in [-0.1, -0.05) is 10.6 Å². The van der Waals surface area contributed by atoms with Gasteiger partial charge in [-0.3, -0.25) is 4.90 Å². The van der Waals surface area contributed by atoms with E-state index in [2.05, 4.69) is 42.7 Å². The van der Waals surface area contributed by atoms with Crippen molar-refractivity contribution in [1.82, 2.24) is 19.5 Å². The summed E-state index contributed by atoms with van der Waals surface area (Å²) in [7, 11) is 0. The average molecular weight is 304 g/mol. The van der Waals surface area contributed by atoms with Crippen LogP contribution in [0.4, 0.5) is 10.8 Å². The standard InChI is InChI=1S/C14H20N6S/c1-2-15-14-12(17-18-21-14)11-19-7-9-20(10-8-19)13-5-3-4-6-16-13/h3-6,15H,2,7-11H2,1H3. The number of pyridine rings is 1. The Morgan fingerprint density at radius 2 is 2.10 bits per heavy atom. The first kappa shape index (κ1) is 14.2. The Labute approximate surface area is 129 Å². The Balaban J connectivity index is 1.55. The molecule has 0 aromatic carbocycles. The molecule has 0 amide bonds. The van der Waals surface area contributed by atoms with Crippen LogP contribution in [0.1, 0.15) is 12.6 Å². The monoisotopic (exact) mass is 304 g/mol. The summed E-state index contributed by atoms with van der Waals surface area (Å²) >= 11 is 1.44. The van der Waals surface area contributed by atoms with E-state index in [-0.39, 0.29) is 0 Å². The van der Waals surface area contributed by atoms with Crippen LogP contribution >= 0.6 is 11.5 Å². The number of aromatic nitrogens is 3. The molecule has 1 N–H and O–H groups in total. The Bertz CT molecular complexity index is 550. The second kappa shape index (κ2) is 6.82. The Hall–Kier alpha value is -1.73. The van der Waals surface area contributed by atoms with E-state index >= 15 is 0 Å². The molecule has 1 aliphatic heterocycles. The molecule has 0 aliphatic carbocycles. The number of nitrogens with one attached hydrogen (secondary N) is 1. The molecule has 3 rings (SSSR count). The van der Waals surface area contributed by atoms with Gasteiger partial charge in [0, 0.05) is 57.0 Å². The smallest absolute Gasteiger partial charge is 0.134 e. The van der Waals surface area contributed by atoms with Gasteiger partial charge in [-0.25, -0.2) is 4.98 Å². The third-order valence-electron chi connectivity index (χ3n) is 3.61. The molecular formula is C14H20N6S. The molecule has 0 atom stereocenters. The van der Waals surface area contributed by atoms with E-state index in [9.17, 15) is 0 Å². The van der Waals surface area contributed by atoms with Crippen molar-refractivity contribution < 1.29 is 0 Å². The maximum atomic E-state index is 4.42. The average Bonchev–Trinajstić information content (AvgIpc) is 2.96. The number of anilines is 2. The summed E-state index contributed by atoms with van der Waals surface area (Å²) in [5, 5.41) is 8.67. The van der Waals surface area contributed by atoms with E-state index in [1.165, 1.54) is 11.5 Å². The van der Waals surface area contributed by atoms with Gasteiger partial charge in [0.15, 0.2) is 0 Å². The molecule has 21 heavy (non-hydrogen) atoms. The van der Waals surface area contributed by atoms with Gasteiger partial charge in [-0.2, -0.15) is 0 Å². The van der Waals surface area contributed by atoms with Crippen molar-refractivity contribution in [2.45, 2.75) is 13.5 Å². The first-order chi connectivity index (χ1) is 10.4. The zero-order valence-corrected chi connectivity index (χ0v) is 13.0. The summed E-state index contributed by atoms with van der Waals surface area (Å²) in [5.74, 6) is 1.07. The summed E-state index contributed by atoms with van der Waals surface area (Å²) in [4.78, 5) is 9.18. The highest BCUT2D eigenvalue weighted by Gasteiger charge is 2.20. The lowest BCUT2D eigenvalue weighted by atomic mass is 10.3. The largest absolute Gasteiger partial charge is 0.374 e. The molecule has 3 heterocycles. The molecule has 0 saturated carbocycles. The number of hydrogen-bond acceptors (Lipinski definition) is 7. The van der Waals surface area contributed by atoms with Crippen LogP contribution < -0.4 is 10.2 Å². The molecule has 1 aliphatic rings. The van der Waals surface area contributed by atoms with Crippen LogP contribution in [0.25, 0.3) is 0 Å². The SMILES string of the molecule is CCNc1snnc1CN1CCN(c2ccccn2)CC1. The van der Waals surface area contributed by atoms with Gasteiger partial charge in [0.25, 0.3) is 0 Å². The van der Waals surface area contributed by atoms with E-state index in [0.717, 1.165) is 55.8 Å². The van der Waals surface area contributed by atoms with Crippen molar-refractivity contribution in [2.75, 3.05) is 42.9 Å². The predicted octanol–water partition coefficient (Wildman–Crippen LogP) is 1.69. The highest BCUT2D eigenvalue weighted by Crippen LogP contribution is 2.20. The Morgan fingerprint density at radius 1 is 1.24 bits per heavy atom. The lowest BCUT2D eigenvalue weighted by Gasteiger charge is -2.35. The van der Waals surface area contributed by atoms with Crippen molar-refractivity contribution in [3.8, 4) is 0 Å². The number of piperazine rings is 1. The second-order valence-corrected chi connectivity index (χ2v) is 5.78. The van der Waals surface area contributed by atoms with Gasteiger partial charge in [-0.05, 0) is 19.1 Å². The van der Waals surface area contributed by atoms with Crippen LogP contribution in [-0.4, -0.2) is 52.2 Å². The first-order valence-electron chi connectivity index (χ1n) is 7.30. The Morgan fingerprint density at radius 3 is 2.81 bits per heavy atom. The van der Waals surface area contributed by atoms with Crippen LogP contribution in [0.2, 0.25) is 0 Å². The van der Waals surface area contributed by atoms with Gasteiger partial charge in [0.05, 0.1) is 0 Å². The van der Waals surface area contributed by atoms with Crippen molar-refractivity contribution in [2.24, 2.45) is 0 Å². The minimum Gasteiger partial charge on any atom is -0.374 e. The summed E-state index contributed by atoms with van der Waals surface area (Å²) < 4.78 is 4.05. The summed E-state index contributed by atoms with van der Waals surface area (Å²) in [6.07, 6.45) is 1.85. The van der Waals surface area contributed by atoms with E-state index in [0.29, 0.717) is 0 Å². The van der Waals surface area contributed by atoms with E-state index in [1.807, 2.05) is 18.3 Å². The molecule has 112 valence electrons. The normalized spacial score (nSPS) is 16.1. The highest BCUT2D eigenvalue weighted by molar-refractivity contribution is 7.10. The first-order valence-corrected chi connectivity index (χ1v) is 8.07. The molecule has 0 bridgehead atoms. The number of hydrogen-bond donors (Lipinski definition) is 1. The summed E-state index contributed by atoms with van der Waals surface area (Å²) in [6.45, 7) is 7.93.